The molecule has 1 aliphatic rings. The lowest BCUT2D eigenvalue weighted by Crippen LogP contribution is -2.38. The van der Waals surface area contributed by atoms with Crippen molar-refractivity contribution < 1.29 is 14.5 Å². The van der Waals surface area contributed by atoms with Gasteiger partial charge in [-0.2, -0.15) is 0 Å². The average Bonchev–Trinajstić information content (AvgIpc) is 3.06. The van der Waals surface area contributed by atoms with Gasteiger partial charge in [-0.15, -0.1) is 0 Å². The third-order valence-electron chi connectivity index (χ3n) is 3.60. The van der Waals surface area contributed by atoms with Gasteiger partial charge in [0.25, 0.3) is 0 Å². The lowest BCUT2D eigenvalue weighted by Gasteiger charge is -2.30. The van der Waals surface area contributed by atoms with Crippen molar-refractivity contribution in [1.29, 1.82) is 0 Å². The number of carbonyl (C=O) groups is 1. The standard InChI is InChI=1S/C17H19N2O4/c1-13(18-12-20)17(15-9-3-2-4-10-15)23-16(11-19(21)22)14-7-5-6-8-14/h2-10,12-13,16-17H,11H2,1H3,(H,18,20)/t13-,16-,17-/m0/s1. The van der Waals surface area contributed by atoms with Crippen LogP contribution in [-0.4, -0.2) is 30.0 Å². The molecule has 0 spiro atoms. The van der Waals surface area contributed by atoms with Gasteiger partial charge in [0.1, 0.15) is 12.2 Å². The fourth-order valence-corrected chi connectivity index (χ4v) is 2.47. The second kappa shape index (κ2) is 8.62. The normalized spacial score (nSPS) is 19.0. The number of benzene rings is 1. The number of nitrogens with zero attached hydrogens (tertiary/aromatic N) is 1. The van der Waals surface area contributed by atoms with E-state index in [0.717, 1.165) is 11.5 Å². The summed E-state index contributed by atoms with van der Waals surface area (Å²) in [5.74, 6) is 0.751. The highest BCUT2D eigenvalue weighted by atomic mass is 16.6. The minimum atomic E-state index is -0.680. The molecule has 0 unspecified atom stereocenters. The number of rotatable bonds is 9. The molecule has 0 aromatic heterocycles. The molecule has 3 atom stereocenters. The van der Waals surface area contributed by atoms with Crippen LogP contribution in [0.5, 0.6) is 0 Å². The first kappa shape index (κ1) is 17.4. The van der Waals surface area contributed by atoms with E-state index in [-0.39, 0.29) is 12.6 Å². The number of amides is 1. The number of hydrogen-bond acceptors (Lipinski definition) is 4. The van der Waals surface area contributed by atoms with Gasteiger partial charge in [0.05, 0.1) is 6.04 Å². The van der Waals surface area contributed by atoms with E-state index >= 15 is 0 Å². The highest BCUT2D eigenvalue weighted by Gasteiger charge is 2.34. The summed E-state index contributed by atoms with van der Waals surface area (Å²) in [6, 6.07) is 9.04. The number of nitrogens with one attached hydrogen (secondary N) is 1. The lowest BCUT2D eigenvalue weighted by atomic mass is 9.98. The molecule has 1 fully saturated rings. The van der Waals surface area contributed by atoms with Gasteiger partial charge >= 0.3 is 0 Å². The van der Waals surface area contributed by atoms with Gasteiger partial charge in [0.15, 0.2) is 0 Å². The molecule has 1 amide bonds. The molecule has 6 heteroatoms. The molecule has 1 saturated carbocycles. The van der Waals surface area contributed by atoms with Crippen LogP contribution in [0.15, 0.2) is 30.3 Å². The first-order chi connectivity index (χ1) is 11.1. The molecule has 0 heterocycles. The zero-order valence-electron chi connectivity index (χ0n) is 12.8. The summed E-state index contributed by atoms with van der Waals surface area (Å²) in [5.41, 5.74) is 0.856. The van der Waals surface area contributed by atoms with E-state index in [1.54, 1.807) is 19.8 Å². The SMILES string of the molecule is C[C@H](NC=O)[C@H](O[C@@H](C[N+](=O)[O-])[C]1[CH][CH][CH][CH]1)c1ccccc1. The predicted molar refractivity (Wildman–Crippen MR) is 85.0 cm³/mol. The zero-order chi connectivity index (χ0) is 16.7. The Morgan fingerprint density at radius 1 is 1.26 bits per heavy atom. The molecule has 1 aliphatic carbocycles. The quantitative estimate of drug-likeness (QED) is 0.429. The molecule has 1 aromatic carbocycles. The van der Waals surface area contributed by atoms with E-state index in [1.165, 1.54) is 0 Å². The van der Waals surface area contributed by atoms with Crippen molar-refractivity contribution in [2.45, 2.75) is 25.2 Å². The second-order valence-electron chi connectivity index (χ2n) is 5.26. The molecule has 121 valence electrons. The van der Waals surface area contributed by atoms with Crippen molar-refractivity contribution in [3.05, 3.63) is 77.6 Å². The summed E-state index contributed by atoms with van der Waals surface area (Å²) >= 11 is 0. The summed E-state index contributed by atoms with van der Waals surface area (Å²) < 4.78 is 6.04. The summed E-state index contributed by atoms with van der Waals surface area (Å²) in [4.78, 5) is 21.3. The fraction of sp³-hybridized carbons (Fsp3) is 0.294. The number of hydrogen-bond donors (Lipinski definition) is 1. The molecular formula is C17H19N2O4. The summed E-state index contributed by atoms with van der Waals surface area (Å²) in [6.07, 6.45) is 6.67. The first-order valence-corrected chi connectivity index (χ1v) is 7.35. The molecule has 1 aromatic rings. The minimum Gasteiger partial charge on any atom is -0.361 e. The Bertz CT molecular complexity index is 503. The minimum absolute atomic E-state index is 0.320. The molecule has 0 saturated heterocycles. The monoisotopic (exact) mass is 315 g/mol. The summed E-state index contributed by atoms with van der Waals surface area (Å²) in [6.45, 7) is 1.47. The topological polar surface area (TPSA) is 81.5 Å². The maximum atomic E-state index is 11.0. The Labute approximate surface area is 136 Å². The molecule has 0 aliphatic heterocycles. The van der Waals surface area contributed by atoms with Crippen LogP contribution in [0.1, 0.15) is 18.6 Å². The number of nitro groups is 1. The molecule has 2 rings (SSSR count). The summed E-state index contributed by atoms with van der Waals surface area (Å²) in [7, 11) is 0. The van der Waals surface area contributed by atoms with E-state index in [9.17, 15) is 14.9 Å². The summed E-state index contributed by atoms with van der Waals surface area (Å²) in [5, 5.41) is 13.6. The molecule has 23 heavy (non-hydrogen) atoms. The van der Waals surface area contributed by atoms with Gasteiger partial charge < -0.3 is 10.1 Å². The third kappa shape index (κ3) is 5.03. The fourth-order valence-electron chi connectivity index (χ4n) is 2.47. The first-order valence-electron chi connectivity index (χ1n) is 7.35. The van der Waals surface area contributed by atoms with Crippen molar-refractivity contribution in [2.75, 3.05) is 6.54 Å². The maximum Gasteiger partial charge on any atom is 0.230 e. The van der Waals surface area contributed by atoms with Gasteiger partial charge in [-0.25, -0.2) is 0 Å². The smallest absolute Gasteiger partial charge is 0.230 e. The van der Waals surface area contributed by atoms with Crippen molar-refractivity contribution >= 4 is 6.41 Å². The van der Waals surface area contributed by atoms with Crippen LogP contribution in [0, 0.1) is 41.7 Å². The number of ether oxygens (including phenoxy) is 1. The van der Waals surface area contributed by atoms with Crippen LogP contribution >= 0.6 is 0 Å². The van der Waals surface area contributed by atoms with E-state index in [4.69, 9.17) is 4.74 Å². The lowest BCUT2D eigenvalue weighted by molar-refractivity contribution is -0.491. The zero-order valence-corrected chi connectivity index (χ0v) is 12.8. The average molecular weight is 315 g/mol. The van der Waals surface area contributed by atoms with E-state index < -0.39 is 17.1 Å². The predicted octanol–water partition coefficient (Wildman–Crippen LogP) is 1.93. The van der Waals surface area contributed by atoms with Crippen molar-refractivity contribution in [3.63, 3.8) is 0 Å². The van der Waals surface area contributed by atoms with Crippen LogP contribution in [0.25, 0.3) is 0 Å². The van der Waals surface area contributed by atoms with Crippen LogP contribution in [-0.2, 0) is 9.53 Å². The van der Waals surface area contributed by atoms with Crippen LogP contribution < -0.4 is 5.32 Å². The van der Waals surface area contributed by atoms with Crippen molar-refractivity contribution in [3.8, 4) is 0 Å². The van der Waals surface area contributed by atoms with Gasteiger partial charge in [-0.3, -0.25) is 14.9 Å². The maximum absolute atomic E-state index is 11.0. The molecule has 1 N–H and O–H groups in total. The van der Waals surface area contributed by atoms with Gasteiger partial charge in [0.2, 0.25) is 13.0 Å². The second-order valence-corrected chi connectivity index (χ2v) is 5.26. The van der Waals surface area contributed by atoms with Crippen molar-refractivity contribution in [2.24, 2.45) is 0 Å². The van der Waals surface area contributed by atoms with Crippen LogP contribution in [0.2, 0.25) is 0 Å². The largest absolute Gasteiger partial charge is 0.361 e. The highest BCUT2D eigenvalue weighted by Crippen LogP contribution is 2.32. The Morgan fingerprint density at radius 3 is 2.48 bits per heavy atom. The molecule has 6 nitrogen and oxygen atoms in total. The van der Waals surface area contributed by atoms with Crippen LogP contribution in [0.4, 0.5) is 0 Å². The van der Waals surface area contributed by atoms with E-state index in [1.807, 2.05) is 43.2 Å². The van der Waals surface area contributed by atoms with Gasteiger partial charge in [-0.05, 0) is 38.2 Å². The Morgan fingerprint density at radius 2 is 1.91 bits per heavy atom. The van der Waals surface area contributed by atoms with E-state index in [2.05, 4.69) is 5.32 Å². The highest BCUT2D eigenvalue weighted by molar-refractivity contribution is 5.47. The third-order valence-corrected chi connectivity index (χ3v) is 3.60. The Hall–Kier alpha value is -1.95. The molecule has 0 bridgehead atoms. The van der Waals surface area contributed by atoms with Crippen LogP contribution in [0.3, 0.4) is 0 Å². The number of carbonyl (C=O) groups excluding carboxylic acids is 1. The Kier molecular flexibility index (Phi) is 6.52. The van der Waals surface area contributed by atoms with E-state index in [0.29, 0.717) is 6.41 Å². The van der Waals surface area contributed by atoms with Gasteiger partial charge in [0, 0.05) is 10.8 Å². The Balaban J connectivity index is 2.18. The molecular weight excluding hydrogens is 296 g/mol. The molecule has 5 radical (unpaired) electrons. The van der Waals surface area contributed by atoms with Gasteiger partial charge in [-0.1, -0.05) is 30.3 Å². The van der Waals surface area contributed by atoms with Crippen molar-refractivity contribution in [1.82, 2.24) is 5.32 Å².